The molecule has 21 heavy (non-hydrogen) atoms. The maximum atomic E-state index is 11.9. The Hall–Kier alpha value is -1.47. The van der Waals surface area contributed by atoms with E-state index in [2.05, 4.69) is 18.8 Å². The van der Waals surface area contributed by atoms with Gasteiger partial charge in [-0.25, -0.2) is 4.79 Å². The summed E-state index contributed by atoms with van der Waals surface area (Å²) in [7, 11) is 0. The van der Waals surface area contributed by atoms with E-state index in [-0.39, 0.29) is 12.2 Å². The van der Waals surface area contributed by atoms with Crippen LogP contribution in [-0.2, 0) is 11.2 Å². The number of aliphatic hydroxyl groups is 1. The van der Waals surface area contributed by atoms with Gasteiger partial charge >= 0.3 is 5.69 Å². The molecule has 0 spiro atoms. The monoisotopic (exact) mass is 312 g/mol. The standard InChI is InChI=1S/C14H20N2O4S/c1-9(2)21-6-5-10-7-16(14(19)15-13(10)18)12-4-3-11(8-17)20-12/h3,7,9,12,17H,4-6,8H2,1-2H3,(H,15,18,19)/t12-/m1/s1. The van der Waals surface area contributed by atoms with Crippen molar-refractivity contribution in [2.24, 2.45) is 0 Å². The van der Waals surface area contributed by atoms with Crippen molar-refractivity contribution in [1.82, 2.24) is 9.55 Å². The van der Waals surface area contributed by atoms with Gasteiger partial charge in [0.2, 0.25) is 0 Å². The highest BCUT2D eigenvalue weighted by Crippen LogP contribution is 2.24. The summed E-state index contributed by atoms with van der Waals surface area (Å²) in [6, 6.07) is 0. The van der Waals surface area contributed by atoms with Gasteiger partial charge in [-0.05, 0) is 23.5 Å². The molecule has 2 N–H and O–H groups in total. The van der Waals surface area contributed by atoms with Gasteiger partial charge in [-0.15, -0.1) is 0 Å². The van der Waals surface area contributed by atoms with Crippen LogP contribution in [0.3, 0.4) is 0 Å². The lowest BCUT2D eigenvalue weighted by Gasteiger charge is -2.16. The van der Waals surface area contributed by atoms with E-state index in [4.69, 9.17) is 9.84 Å². The van der Waals surface area contributed by atoms with Gasteiger partial charge in [-0.1, -0.05) is 13.8 Å². The third-order valence-electron chi connectivity index (χ3n) is 3.16. The summed E-state index contributed by atoms with van der Waals surface area (Å²) in [6.45, 7) is 4.01. The molecule has 0 bridgehead atoms. The molecule has 1 atom stereocenters. The van der Waals surface area contributed by atoms with Gasteiger partial charge in [0.1, 0.15) is 12.4 Å². The molecule has 0 aromatic carbocycles. The minimum absolute atomic E-state index is 0.188. The zero-order chi connectivity index (χ0) is 15.4. The number of H-pyrrole nitrogens is 1. The minimum atomic E-state index is -0.493. The van der Waals surface area contributed by atoms with Crippen molar-refractivity contribution in [1.29, 1.82) is 0 Å². The highest BCUT2D eigenvalue weighted by atomic mass is 32.2. The maximum Gasteiger partial charge on any atom is 0.331 e. The topological polar surface area (TPSA) is 84.3 Å². The van der Waals surface area contributed by atoms with Gasteiger partial charge in [0.05, 0.1) is 0 Å². The second-order valence-electron chi connectivity index (χ2n) is 5.13. The van der Waals surface area contributed by atoms with E-state index in [0.29, 0.717) is 29.4 Å². The van der Waals surface area contributed by atoms with Crippen molar-refractivity contribution in [2.75, 3.05) is 12.4 Å². The molecule has 1 aliphatic rings. The molecule has 7 heteroatoms. The fourth-order valence-corrected chi connectivity index (χ4v) is 2.91. The van der Waals surface area contributed by atoms with Gasteiger partial charge in [0, 0.05) is 18.2 Å². The Morgan fingerprint density at radius 2 is 2.29 bits per heavy atom. The molecule has 0 saturated heterocycles. The van der Waals surface area contributed by atoms with E-state index in [1.165, 1.54) is 4.57 Å². The molecule has 0 fully saturated rings. The Morgan fingerprint density at radius 1 is 1.52 bits per heavy atom. The summed E-state index contributed by atoms with van der Waals surface area (Å²) in [4.78, 5) is 26.1. The quantitative estimate of drug-likeness (QED) is 0.819. The molecule has 0 amide bonds. The zero-order valence-corrected chi connectivity index (χ0v) is 13.0. The van der Waals surface area contributed by atoms with Crippen molar-refractivity contribution in [3.8, 4) is 0 Å². The normalized spacial score (nSPS) is 17.9. The highest BCUT2D eigenvalue weighted by Gasteiger charge is 2.21. The van der Waals surface area contributed by atoms with E-state index in [1.54, 1.807) is 24.0 Å². The first kappa shape index (κ1) is 15.9. The van der Waals surface area contributed by atoms with E-state index in [1.807, 2.05) is 0 Å². The van der Waals surface area contributed by atoms with Crippen molar-refractivity contribution < 1.29 is 9.84 Å². The lowest BCUT2D eigenvalue weighted by molar-refractivity contribution is 0.0589. The number of hydrogen-bond acceptors (Lipinski definition) is 5. The lowest BCUT2D eigenvalue weighted by atomic mass is 10.2. The van der Waals surface area contributed by atoms with E-state index < -0.39 is 11.9 Å². The number of thioether (sulfide) groups is 1. The first-order chi connectivity index (χ1) is 10.0. The summed E-state index contributed by atoms with van der Waals surface area (Å²) in [6.07, 6.45) is 3.93. The molecule has 0 radical (unpaired) electrons. The minimum Gasteiger partial charge on any atom is -0.472 e. The Bertz CT molecular complexity index is 633. The van der Waals surface area contributed by atoms with Gasteiger partial charge in [0.25, 0.3) is 5.56 Å². The van der Waals surface area contributed by atoms with Crippen LogP contribution in [0, 0.1) is 0 Å². The molecular weight excluding hydrogens is 292 g/mol. The molecule has 116 valence electrons. The van der Waals surface area contributed by atoms with Crippen molar-refractivity contribution in [3.05, 3.63) is 44.4 Å². The third-order valence-corrected chi connectivity index (χ3v) is 4.27. The number of rotatable bonds is 6. The predicted octanol–water partition coefficient (Wildman–Crippen LogP) is 1.02. The van der Waals surface area contributed by atoms with E-state index in [9.17, 15) is 9.59 Å². The molecule has 2 rings (SSSR count). The third kappa shape index (κ3) is 4.01. The molecule has 1 aromatic rings. The SMILES string of the molecule is CC(C)SCCc1cn([C@H]2CC=C(CO)O2)c(=O)[nH]c1=O. The summed E-state index contributed by atoms with van der Waals surface area (Å²) < 4.78 is 6.85. The number of ether oxygens (including phenoxy) is 1. The van der Waals surface area contributed by atoms with Crippen LogP contribution in [0.25, 0.3) is 0 Å². The van der Waals surface area contributed by atoms with E-state index >= 15 is 0 Å². The van der Waals surface area contributed by atoms with Crippen molar-refractivity contribution >= 4 is 11.8 Å². The lowest BCUT2D eigenvalue weighted by Crippen LogP contribution is -2.34. The molecule has 2 heterocycles. The van der Waals surface area contributed by atoms with E-state index in [0.717, 1.165) is 5.75 Å². The Balaban J connectivity index is 2.15. The van der Waals surface area contributed by atoms with Crippen LogP contribution in [-0.4, -0.2) is 32.3 Å². The molecule has 0 unspecified atom stereocenters. The highest BCUT2D eigenvalue weighted by molar-refractivity contribution is 7.99. The van der Waals surface area contributed by atoms with Gasteiger partial charge in [0.15, 0.2) is 6.23 Å². The summed E-state index contributed by atoms with van der Waals surface area (Å²) in [5.74, 6) is 1.28. The van der Waals surface area contributed by atoms with Crippen LogP contribution in [0.2, 0.25) is 0 Å². The van der Waals surface area contributed by atoms with Crippen LogP contribution < -0.4 is 11.2 Å². The van der Waals surface area contributed by atoms with Crippen LogP contribution in [0.15, 0.2) is 27.6 Å². The maximum absolute atomic E-state index is 11.9. The number of nitrogens with one attached hydrogen (secondary N) is 1. The molecule has 0 aliphatic carbocycles. The average molecular weight is 312 g/mol. The molecule has 0 saturated carbocycles. The van der Waals surface area contributed by atoms with Crippen LogP contribution >= 0.6 is 11.8 Å². The Morgan fingerprint density at radius 3 is 2.90 bits per heavy atom. The van der Waals surface area contributed by atoms with Gasteiger partial charge < -0.3 is 9.84 Å². The number of nitrogens with zero attached hydrogens (tertiary/aromatic N) is 1. The smallest absolute Gasteiger partial charge is 0.331 e. The number of aromatic amines is 1. The number of hydrogen-bond donors (Lipinski definition) is 2. The number of aryl methyl sites for hydroxylation is 1. The first-order valence-electron chi connectivity index (χ1n) is 6.93. The predicted molar refractivity (Wildman–Crippen MR) is 82.5 cm³/mol. The Labute approximate surface area is 126 Å². The fourth-order valence-electron chi connectivity index (χ4n) is 2.10. The average Bonchev–Trinajstić information content (AvgIpc) is 2.89. The van der Waals surface area contributed by atoms with Gasteiger partial charge in [-0.2, -0.15) is 11.8 Å². The van der Waals surface area contributed by atoms with Crippen molar-refractivity contribution in [3.63, 3.8) is 0 Å². The summed E-state index contributed by atoms with van der Waals surface area (Å²) in [5, 5.41) is 9.53. The molecule has 1 aliphatic heterocycles. The fraction of sp³-hybridized carbons (Fsp3) is 0.571. The zero-order valence-electron chi connectivity index (χ0n) is 12.2. The first-order valence-corrected chi connectivity index (χ1v) is 7.98. The largest absolute Gasteiger partial charge is 0.472 e. The molecule has 6 nitrogen and oxygen atoms in total. The molecule has 1 aromatic heterocycles. The van der Waals surface area contributed by atoms with Crippen LogP contribution in [0.1, 0.15) is 32.1 Å². The Kier molecular flexibility index (Phi) is 5.30. The second kappa shape index (κ2) is 7.00. The number of aromatic nitrogens is 2. The summed E-state index contributed by atoms with van der Waals surface area (Å²) in [5.41, 5.74) is -0.254. The number of aliphatic hydroxyl groups excluding tert-OH is 1. The van der Waals surface area contributed by atoms with Gasteiger partial charge in [-0.3, -0.25) is 14.3 Å². The second-order valence-corrected chi connectivity index (χ2v) is 6.81. The van der Waals surface area contributed by atoms with Crippen LogP contribution in [0.5, 0.6) is 0 Å². The van der Waals surface area contributed by atoms with Crippen molar-refractivity contribution in [2.45, 2.75) is 38.2 Å². The van der Waals surface area contributed by atoms with Crippen LogP contribution in [0.4, 0.5) is 0 Å². The summed E-state index contributed by atoms with van der Waals surface area (Å²) >= 11 is 1.77. The molecular formula is C14H20N2O4S.